The summed E-state index contributed by atoms with van der Waals surface area (Å²) in [5, 5.41) is -2.75. The lowest BCUT2D eigenvalue weighted by molar-refractivity contribution is 0.868. The van der Waals surface area contributed by atoms with E-state index in [9.17, 15) is 0 Å². The fourth-order valence-electron chi connectivity index (χ4n) is 11.3. The van der Waals surface area contributed by atoms with E-state index in [1.54, 1.807) is 0 Å². The molecule has 4 heteroatoms. The van der Waals surface area contributed by atoms with Gasteiger partial charge in [0.25, 0.3) is 0 Å². The largest absolute Gasteiger partial charge is 0.117 e. The fraction of sp³-hybridized carbons (Fsp3) is 0.0571. The van der Waals surface area contributed by atoms with Gasteiger partial charge in [0.15, 0.2) is 0 Å². The Morgan fingerprint density at radius 2 is 0.324 bits per heavy atom. The molecule has 74 heavy (non-hydrogen) atoms. The molecule has 0 saturated carbocycles. The third kappa shape index (κ3) is 8.74. The van der Waals surface area contributed by atoms with Crippen LogP contribution in [0.15, 0.2) is 303 Å². The van der Waals surface area contributed by atoms with Crippen molar-refractivity contribution in [3.63, 3.8) is 0 Å². The van der Waals surface area contributed by atoms with Gasteiger partial charge < -0.3 is 0 Å². The van der Waals surface area contributed by atoms with E-state index in [1.807, 2.05) is 0 Å². The molecule has 0 saturated heterocycles. The number of benzene rings is 11. The Labute approximate surface area is 447 Å². The second kappa shape index (κ2) is 21.2. The molecule has 11 aromatic rings. The van der Waals surface area contributed by atoms with Crippen molar-refractivity contribution in [2.75, 3.05) is 0 Å². The Hall–Kier alpha value is -6.86. The summed E-state index contributed by atoms with van der Waals surface area (Å²) in [6.45, 7) is 0. The van der Waals surface area contributed by atoms with Gasteiger partial charge in [-0.15, -0.1) is 37.0 Å². The summed E-state index contributed by atoms with van der Waals surface area (Å²) >= 11 is 0. The molecule has 0 bridgehead atoms. The monoisotopic (exact) mass is 1020 g/mol. The van der Waals surface area contributed by atoms with Crippen LogP contribution in [-0.4, -0.2) is 0 Å². The first kappa shape index (κ1) is 49.4. The number of hydrogen-bond acceptors (Lipinski definition) is 0. The Bertz CT molecular complexity index is 3220. The van der Waals surface area contributed by atoms with Crippen molar-refractivity contribution in [2.24, 2.45) is 0 Å². The van der Waals surface area contributed by atoms with Gasteiger partial charge in [-0.1, -0.05) is 291 Å². The van der Waals surface area contributed by atoms with Crippen LogP contribution in [0.5, 0.6) is 0 Å². The molecular formula is C70H58P4. The summed E-state index contributed by atoms with van der Waals surface area (Å²) in [5.74, 6) is 0. The molecule has 0 aromatic heterocycles. The van der Waals surface area contributed by atoms with Crippen molar-refractivity contribution in [3.05, 3.63) is 370 Å². The van der Waals surface area contributed by atoms with E-state index in [0.717, 1.165) is 33.4 Å². The highest BCUT2D eigenvalue weighted by Gasteiger charge is 2.43. The molecule has 0 amide bonds. The molecule has 4 unspecified atom stereocenters. The maximum absolute atomic E-state index is 3.45. The van der Waals surface area contributed by atoms with Gasteiger partial charge in [0, 0.05) is 0 Å². The van der Waals surface area contributed by atoms with Crippen LogP contribution in [-0.2, 0) is 20.6 Å². The van der Waals surface area contributed by atoms with E-state index < -0.39 is 20.6 Å². The van der Waals surface area contributed by atoms with Crippen LogP contribution < -0.4 is 0 Å². The van der Waals surface area contributed by atoms with Crippen LogP contribution in [0.4, 0.5) is 0 Å². The van der Waals surface area contributed by atoms with Gasteiger partial charge in [0.1, 0.15) is 0 Å². The van der Waals surface area contributed by atoms with Crippen molar-refractivity contribution >= 4 is 37.0 Å². The first-order valence-electron chi connectivity index (χ1n) is 25.2. The Balaban J connectivity index is 1.36. The average molecular weight is 1020 g/mol. The van der Waals surface area contributed by atoms with Gasteiger partial charge in [-0.3, -0.25) is 0 Å². The molecule has 11 aromatic carbocycles. The zero-order valence-electron chi connectivity index (χ0n) is 41.2. The van der Waals surface area contributed by atoms with Crippen molar-refractivity contribution in [2.45, 2.75) is 20.6 Å². The molecule has 0 fully saturated rings. The van der Waals surface area contributed by atoms with Gasteiger partial charge >= 0.3 is 0 Å². The first-order chi connectivity index (χ1) is 36.3. The maximum Gasteiger partial charge on any atom is 0.0597 e. The lowest BCUT2D eigenvalue weighted by atomic mass is 9.71. The zero-order chi connectivity index (χ0) is 50.6. The Morgan fingerprint density at radius 1 is 0.162 bits per heavy atom. The van der Waals surface area contributed by atoms with E-state index in [-0.39, 0.29) is 0 Å². The standard InChI is InChI=1S/C70H58P4/c71-67(51-29-9-1-10-30-51,52-31-11-2-12-32-52)63-47-27-25-45-59(63)61-49-66(70(74,57-41-21-7-22-42-57)58-43-23-8-24-44-58)62(50-65(61)69(73,55-37-17-5-18-38-55)56-39-19-6-20-40-56)60-46-26-28-48-64(60)68(72,53-33-13-3-14-34-53)54-35-15-4-16-36-54/h1-50H,71-74H2. The quantitative estimate of drug-likeness (QED) is 0.0752. The highest BCUT2D eigenvalue weighted by atomic mass is 31.0. The smallest absolute Gasteiger partial charge is 0.0597 e. The lowest BCUT2D eigenvalue weighted by Gasteiger charge is -2.40. The molecule has 0 nitrogen and oxygen atoms in total. The summed E-state index contributed by atoms with van der Waals surface area (Å²) in [4.78, 5) is 0. The molecule has 4 atom stereocenters. The molecular weight excluding hydrogens is 965 g/mol. The third-order valence-electron chi connectivity index (χ3n) is 15.1. The number of hydrogen-bond donors (Lipinski definition) is 0. The van der Waals surface area contributed by atoms with Crippen molar-refractivity contribution in [1.82, 2.24) is 0 Å². The van der Waals surface area contributed by atoms with Gasteiger partial charge in [0.05, 0.1) is 20.6 Å². The molecule has 0 spiro atoms. The third-order valence-corrected chi connectivity index (χ3v) is 19.0. The van der Waals surface area contributed by atoms with E-state index in [0.29, 0.717) is 0 Å². The zero-order valence-corrected chi connectivity index (χ0v) is 45.8. The maximum atomic E-state index is 3.45. The predicted molar refractivity (Wildman–Crippen MR) is 327 cm³/mol. The molecule has 0 aliphatic carbocycles. The SMILES string of the molecule is PC(c1ccccc1)(c1ccccc1)c1ccccc1-c1cc(C(P)(c2ccccc2)c2ccccc2)c(-c2ccccc2C(P)(c2ccccc2)c2ccccc2)cc1C(P)(c1ccccc1)c1ccccc1. The predicted octanol–water partition coefficient (Wildman–Crippen LogP) is 17.7. The fourth-order valence-corrected chi connectivity index (χ4v) is 13.9. The minimum Gasteiger partial charge on any atom is -0.117 e. The van der Waals surface area contributed by atoms with Gasteiger partial charge in [-0.2, -0.15) is 0 Å². The number of rotatable bonds is 14. The highest BCUT2D eigenvalue weighted by molar-refractivity contribution is 7.20. The van der Waals surface area contributed by atoms with Gasteiger partial charge in [-0.25, -0.2) is 0 Å². The van der Waals surface area contributed by atoms with E-state index in [2.05, 4.69) is 340 Å². The minimum atomic E-state index is -0.740. The molecule has 0 aliphatic heterocycles. The molecule has 0 aliphatic rings. The second-order valence-electron chi connectivity index (χ2n) is 19.2. The first-order valence-corrected chi connectivity index (χ1v) is 27.6. The molecule has 0 radical (unpaired) electrons. The molecule has 11 rings (SSSR count). The van der Waals surface area contributed by atoms with Crippen LogP contribution in [0.3, 0.4) is 0 Å². The summed E-state index contributed by atoms with van der Waals surface area (Å²) in [5.41, 5.74) is 18.7. The van der Waals surface area contributed by atoms with E-state index in [1.165, 1.54) is 55.6 Å². The van der Waals surface area contributed by atoms with Gasteiger partial charge in [-0.05, 0) is 101 Å². The van der Waals surface area contributed by atoms with Gasteiger partial charge in [0.2, 0.25) is 0 Å². The van der Waals surface area contributed by atoms with Crippen LogP contribution in [0.1, 0.15) is 66.8 Å². The lowest BCUT2D eigenvalue weighted by Crippen LogP contribution is -2.28. The second-order valence-corrected chi connectivity index (χ2v) is 22.7. The summed E-state index contributed by atoms with van der Waals surface area (Å²) in [7, 11) is 13.6. The summed E-state index contributed by atoms with van der Waals surface area (Å²) in [6.07, 6.45) is 0. The molecule has 358 valence electrons. The van der Waals surface area contributed by atoms with E-state index in [4.69, 9.17) is 0 Å². The van der Waals surface area contributed by atoms with Crippen LogP contribution >= 0.6 is 37.0 Å². The highest BCUT2D eigenvalue weighted by Crippen LogP contribution is 2.58. The molecule has 0 N–H and O–H groups in total. The van der Waals surface area contributed by atoms with E-state index >= 15 is 0 Å². The summed E-state index contributed by atoms with van der Waals surface area (Å²) in [6, 6.07) is 111. The topological polar surface area (TPSA) is 0 Å². The Morgan fingerprint density at radius 3 is 0.527 bits per heavy atom. The summed E-state index contributed by atoms with van der Waals surface area (Å²) < 4.78 is 0. The van der Waals surface area contributed by atoms with Crippen molar-refractivity contribution in [3.8, 4) is 22.3 Å². The van der Waals surface area contributed by atoms with Crippen LogP contribution in [0.25, 0.3) is 22.3 Å². The normalized spacial score (nSPS) is 12.1. The van der Waals surface area contributed by atoms with Crippen LogP contribution in [0, 0.1) is 0 Å². The Kier molecular flexibility index (Phi) is 14.1. The average Bonchev–Trinajstić information content (AvgIpc) is 3.50. The minimum absolute atomic E-state index is 0.633. The van der Waals surface area contributed by atoms with Crippen LogP contribution in [0.2, 0.25) is 0 Å². The molecule has 0 heterocycles. The van der Waals surface area contributed by atoms with Crippen molar-refractivity contribution < 1.29 is 0 Å². The van der Waals surface area contributed by atoms with Crippen molar-refractivity contribution in [1.29, 1.82) is 0 Å².